The predicted molar refractivity (Wildman–Crippen MR) is 158 cm³/mol. The van der Waals surface area contributed by atoms with Gasteiger partial charge in [0, 0.05) is 34.5 Å². The Morgan fingerprint density at radius 1 is 1.00 bits per heavy atom. The zero-order valence-electron chi connectivity index (χ0n) is 23.4. The molecule has 0 fully saturated rings. The molecule has 2 atom stereocenters. The first-order valence-corrected chi connectivity index (χ1v) is 13.4. The Bertz CT molecular complexity index is 1420. The number of anilines is 1. The van der Waals surface area contributed by atoms with Crippen molar-refractivity contribution in [3.8, 4) is 17.0 Å². The summed E-state index contributed by atoms with van der Waals surface area (Å²) in [5.41, 5.74) is 12.6. The number of carboxylic acid groups (broad SMARTS) is 1. The molecular weight excluding hydrogens is 524 g/mol. The highest BCUT2D eigenvalue weighted by atomic mass is 16.5. The fourth-order valence-electron chi connectivity index (χ4n) is 4.30. The number of nitrogens with two attached hydrogens (primary N) is 2. The Labute approximate surface area is 238 Å². The van der Waals surface area contributed by atoms with Crippen molar-refractivity contribution in [2.24, 2.45) is 17.4 Å². The summed E-state index contributed by atoms with van der Waals surface area (Å²) >= 11 is 0. The predicted octanol–water partition coefficient (Wildman–Crippen LogP) is 3.88. The molecule has 8 N–H and O–H groups in total. The quantitative estimate of drug-likeness (QED) is 0.134. The lowest BCUT2D eigenvalue weighted by Crippen LogP contribution is -2.40. The molecule has 0 bridgehead atoms. The number of amides is 2. The zero-order chi connectivity index (χ0) is 30.1. The number of carbonyl (C=O) groups is 3. The molecule has 0 saturated carbocycles. The van der Waals surface area contributed by atoms with Crippen LogP contribution in [0, 0.1) is 11.3 Å². The van der Waals surface area contributed by atoms with E-state index in [0.29, 0.717) is 30.8 Å². The number of rotatable bonds is 13. The Morgan fingerprint density at radius 2 is 1.66 bits per heavy atom. The molecule has 1 aromatic heterocycles. The maximum atomic E-state index is 13.4. The van der Waals surface area contributed by atoms with E-state index in [4.69, 9.17) is 21.6 Å². The molecule has 0 unspecified atom stereocenters. The first-order valence-electron chi connectivity index (χ1n) is 13.4. The van der Waals surface area contributed by atoms with Crippen LogP contribution in [-0.2, 0) is 0 Å². The van der Waals surface area contributed by atoms with Crippen molar-refractivity contribution in [3.63, 3.8) is 0 Å². The number of hydrogen-bond acceptors (Lipinski definition) is 7. The number of hydrogen-bond donors (Lipinski definition) is 6. The van der Waals surface area contributed by atoms with Gasteiger partial charge in [-0.05, 0) is 73.8 Å². The number of nitrogens with one attached hydrogen (secondary N) is 3. The first kappa shape index (κ1) is 30.8. The molecule has 216 valence electrons. The van der Waals surface area contributed by atoms with Gasteiger partial charge >= 0.3 is 5.97 Å². The fraction of sp³-hybridized carbons (Fsp3) is 0.300. The minimum absolute atomic E-state index is 0.0638. The highest BCUT2D eigenvalue weighted by Crippen LogP contribution is 2.30. The third-order valence-electron chi connectivity index (χ3n) is 6.76. The molecule has 0 aliphatic carbocycles. The van der Waals surface area contributed by atoms with Crippen LogP contribution in [0.1, 0.15) is 70.4 Å². The normalized spacial score (nSPS) is 12.2. The van der Waals surface area contributed by atoms with Crippen molar-refractivity contribution >= 4 is 29.3 Å². The van der Waals surface area contributed by atoms with Crippen molar-refractivity contribution < 1.29 is 24.2 Å². The summed E-state index contributed by atoms with van der Waals surface area (Å²) in [7, 11) is 0. The highest BCUT2D eigenvalue weighted by molar-refractivity contribution is 6.10. The van der Waals surface area contributed by atoms with E-state index >= 15 is 0 Å². The third kappa shape index (κ3) is 7.67. The van der Waals surface area contributed by atoms with Gasteiger partial charge in [-0.3, -0.25) is 15.0 Å². The summed E-state index contributed by atoms with van der Waals surface area (Å²) in [6, 6.07) is 13.6. The lowest BCUT2D eigenvalue weighted by molar-refractivity contribution is 0.0697. The highest BCUT2D eigenvalue weighted by Gasteiger charge is 2.24. The van der Waals surface area contributed by atoms with Gasteiger partial charge in [-0.25, -0.2) is 9.78 Å². The molecule has 0 aliphatic rings. The van der Waals surface area contributed by atoms with Crippen LogP contribution in [0.15, 0.2) is 54.6 Å². The number of carboxylic acids is 1. The first-order chi connectivity index (χ1) is 19.6. The second kappa shape index (κ2) is 14.0. The third-order valence-corrected chi connectivity index (χ3v) is 6.76. The number of nitrogens with zero attached hydrogens (tertiary/aromatic N) is 1. The van der Waals surface area contributed by atoms with Gasteiger partial charge in [0.15, 0.2) is 0 Å². The van der Waals surface area contributed by atoms with Crippen molar-refractivity contribution in [3.05, 3.63) is 77.0 Å². The number of aromatic carboxylic acids is 1. The monoisotopic (exact) mass is 560 g/mol. The van der Waals surface area contributed by atoms with Gasteiger partial charge in [-0.2, -0.15) is 0 Å². The van der Waals surface area contributed by atoms with Gasteiger partial charge < -0.3 is 31.9 Å². The Hall–Kier alpha value is -4.77. The number of benzene rings is 2. The van der Waals surface area contributed by atoms with Crippen LogP contribution in [0.3, 0.4) is 0 Å². The maximum absolute atomic E-state index is 13.4. The second-order valence-electron chi connectivity index (χ2n) is 9.53. The van der Waals surface area contributed by atoms with Crippen molar-refractivity contribution in [2.45, 2.75) is 39.7 Å². The van der Waals surface area contributed by atoms with Crippen LogP contribution < -0.4 is 26.8 Å². The molecule has 0 spiro atoms. The van der Waals surface area contributed by atoms with Crippen molar-refractivity contribution in [1.82, 2.24) is 10.3 Å². The number of ether oxygens (including phenoxy) is 1. The number of aromatic nitrogens is 1. The Morgan fingerprint density at radius 3 is 2.24 bits per heavy atom. The minimum Gasteiger partial charge on any atom is -0.478 e. The molecule has 2 aromatic carbocycles. The standard InChI is InChI=1S/C30H36N6O5/c1-4-17(3)24(14-15-31)35-28(37)19-8-11-21(23(16-19)30(39)40)22-12-13-25(41-5-2)36-26(22)29(38)34-20-9-6-18(7-10-20)27(32)33/h6-13,16-17,24H,4-5,14-15,31H2,1-3H3,(H3,32,33)(H,34,38)(H,35,37)(H,39,40)/t17-,24-/m0/s1. The average Bonchev–Trinajstić information content (AvgIpc) is 2.96. The maximum Gasteiger partial charge on any atom is 0.336 e. The molecular formula is C30H36N6O5. The van der Waals surface area contributed by atoms with E-state index in [1.807, 2.05) is 13.8 Å². The van der Waals surface area contributed by atoms with Crippen molar-refractivity contribution in [2.75, 3.05) is 18.5 Å². The number of nitrogen functional groups attached to an aromatic ring is 1. The summed E-state index contributed by atoms with van der Waals surface area (Å²) in [5.74, 6) is -2.00. The van der Waals surface area contributed by atoms with Gasteiger partial charge in [-0.15, -0.1) is 0 Å². The van der Waals surface area contributed by atoms with Crippen LogP contribution in [0.5, 0.6) is 5.88 Å². The molecule has 0 saturated heterocycles. The molecule has 41 heavy (non-hydrogen) atoms. The topological polar surface area (TPSA) is 194 Å². The van der Waals surface area contributed by atoms with E-state index < -0.39 is 17.8 Å². The molecule has 3 rings (SSSR count). The van der Waals surface area contributed by atoms with Crippen LogP contribution in [0.25, 0.3) is 11.1 Å². The van der Waals surface area contributed by atoms with Gasteiger partial charge in [0.2, 0.25) is 5.88 Å². The summed E-state index contributed by atoms with van der Waals surface area (Å²) in [6.07, 6.45) is 1.44. The summed E-state index contributed by atoms with van der Waals surface area (Å²) in [4.78, 5) is 43.2. The van der Waals surface area contributed by atoms with Crippen LogP contribution in [0.2, 0.25) is 0 Å². The molecule has 11 nitrogen and oxygen atoms in total. The van der Waals surface area contributed by atoms with Crippen LogP contribution >= 0.6 is 0 Å². The molecule has 1 heterocycles. The van der Waals surface area contributed by atoms with E-state index in [1.54, 1.807) is 43.3 Å². The van der Waals surface area contributed by atoms with Gasteiger partial charge in [-0.1, -0.05) is 26.3 Å². The van der Waals surface area contributed by atoms with E-state index in [1.165, 1.54) is 18.2 Å². The van der Waals surface area contributed by atoms with Crippen LogP contribution in [0.4, 0.5) is 5.69 Å². The summed E-state index contributed by atoms with van der Waals surface area (Å²) < 4.78 is 5.49. The summed E-state index contributed by atoms with van der Waals surface area (Å²) in [5, 5.41) is 23.3. The van der Waals surface area contributed by atoms with E-state index in [9.17, 15) is 19.5 Å². The zero-order valence-corrected chi connectivity index (χ0v) is 23.4. The second-order valence-corrected chi connectivity index (χ2v) is 9.53. The molecule has 0 radical (unpaired) electrons. The summed E-state index contributed by atoms with van der Waals surface area (Å²) in [6.45, 7) is 6.54. The Kier molecular flexibility index (Phi) is 10.5. The number of pyridine rings is 1. The minimum atomic E-state index is -1.27. The number of carbonyl (C=O) groups excluding carboxylic acids is 2. The lowest BCUT2D eigenvalue weighted by Gasteiger charge is -2.24. The van der Waals surface area contributed by atoms with E-state index in [0.717, 1.165) is 6.42 Å². The molecule has 0 aliphatic heterocycles. The van der Waals surface area contributed by atoms with E-state index in [-0.39, 0.29) is 51.6 Å². The van der Waals surface area contributed by atoms with Gasteiger partial charge in [0.05, 0.1) is 12.2 Å². The lowest BCUT2D eigenvalue weighted by atomic mass is 9.94. The molecule has 11 heteroatoms. The van der Waals surface area contributed by atoms with Crippen LogP contribution in [-0.4, -0.2) is 52.9 Å². The molecule has 2 amide bonds. The van der Waals surface area contributed by atoms with Crippen molar-refractivity contribution in [1.29, 1.82) is 5.41 Å². The smallest absolute Gasteiger partial charge is 0.336 e. The van der Waals surface area contributed by atoms with Gasteiger partial charge in [0.25, 0.3) is 11.8 Å². The SMILES string of the molecule is CCOc1ccc(-c2ccc(C(=O)N[C@@H](CCN)[C@@H](C)CC)cc2C(=O)O)c(C(=O)Nc2ccc(C(=N)N)cc2)n1. The molecule has 3 aromatic rings. The largest absolute Gasteiger partial charge is 0.478 e. The Balaban J connectivity index is 2.02. The fourth-order valence-corrected chi connectivity index (χ4v) is 4.30. The van der Waals surface area contributed by atoms with E-state index in [2.05, 4.69) is 15.6 Å². The number of amidine groups is 1. The van der Waals surface area contributed by atoms with Gasteiger partial charge in [0.1, 0.15) is 11.5 Å². The average molecular weight is 561 g/mol.